The van der Waals surface area contributed by atoms with Crippen LogP contribution in [-0.4, -0.2) is 58.9 Å². The first-order valence-electron chi connectivity index (χ1n) is 9.56. The van der Waals surface area contributed by atoms with E-state index in [4.69, 9.17) is 14.2 Å². The molecule has 3 atom stereocenters. The Kier molecular flexibility index (Phi) is 5.26. The lowest BCUT2D eigenvalue weighted by atomic mass is 9.96. The van der Waals surface area contributed by atoms with Gasteiger partial charge in [0.2, 0.25) is 0 Å². The van der Waals surface area contributed by atoms with Crippen LogP contribution in [0.1, 0.15) is 17.9 Å². The third-order valence-electron chi connectivity index (χ3n) is 5.75. The third kappa shape index (κ3) is 3.18. The number of methoxy groups -OCH3 is 3. The van der Waals surface area contributed by atoms with Crippen molar-refractivity contribution in [2.45, 2.75) is 29.4 Å². The number of hydrogen-bond donors (Lipinski definition) is 0. The number of rotatable bonds is 4. The molecule has 0 radical (unpaired) electrons. The van der Waals surface area contributed by atoms with Crippen molar-refractivity contribution in [2.75, 3.05) is 25.6 Å². The molecule has 2 aliphatic rings. The highest BCUT2D eigenvalue weighted by atomic mass is 32.2. The second-order valence-electron chi connectivity index (χ2n) is 7.21. The van der Waals surface area contributed by atoms with Crippen molar-refractivity contribution in [2.24, 2.45) is 0 Å². The summed E-state index contributed by atoms with van der Waals surface area (Å²) in [6.45, 7) is 0. The summed E-state index contributed by atoms with van der Waals surface area (Å²) in [7, 11) is -0.178. The van der Waals surface area contributed by atoms with Gasteiger partial charge in [0, 0.05) is 5.92 Å². The summed E-state index contributed by atoms with van der Waals surface area (Å²) in [5, 5.41) is 0. The number of sulfonamides is 1. The fourth-order valence-electron chi connectivity index (χ4n) is 4.38. The zero-order valence-corrected chi connectivity index (χ0v) is 18.0. The molecular formula is C21H22N2O7S. The number of carbonyl (C=O) groups excluding carboxylic acids is 2. The van der Waals surface area contributed by atoms with E-state index >= 15 is 0 Å². The third-order valence-corrected chi connectivity index (χ3v) is 7.55. The van der Waals surface area contributed by atoms with Gasteiger partial charge < -0.3 is 14.2 Å². The Morgan fingerprint density at radius 1 is 0.968 bits per heavy atom. The molecule has 2 aromatic carbocycles. The summed E-state index contributed by atoms with van der Waals surface area (Å²) in [4.78, 5) is 26.3. The molecule has 0 unspecified atom stereocenters. The van der Waals surface area contributed by atoms with Crippen LogP contribution in [0.3, 0.4) is 0 Å². The number of anilines is 1. The SMILES string of the molecule is COC(=O)[C@@H]1C[C@@H]2c3ccccc3N(S(=O)(=O)c3ccc(OC)cc3)[C@@H]2N1C(=O)OC. The molecule has 2 aliphatic heterocycles. The standard InChI is InChI=1S/C21H22N2O7S/c1-28-13-8-10-14(11-9-13)31(26,27)23-17-7-5-4-6-15(17)16-12-18(20(24)29-2)22(19(16)23)21(25)30-3/h4-11,16,18-19H,12H2,1-3H3/t16-,18+,19+/m1/s1. The maximum absolute atomic E-state index is 13.7. The number of ether oxygens (including phenoxy) is 3. The van der Waals surface area contributed by atoms with E-state index in [0.717, 1.165) is 10.5 Å². The normalized spacial score (nSPS) is 22.0. The van der Waals surface area contributed by atoms with E-state index in [-0.39, 0.29) is 11.3 Å². The molecule has 0 spiro atoms. The highest BCUT2D eigenvalue weighted by Gasteiger charge is 2.58. The lowest BCUT2D eigenvalue weighted by Gasteiger charge is -2.34. The summed E-state index contributed by atoms with van der Waals surface area (Å²) in [6.07, 6.45) is -1.54. The quantitative estimate of drug-likeness (QED) is 0.664. The predicted molar refractivity (Wildman–Crippen MR) is 110 cm³/mol. The smallest absolute Gasteiger partial charge is 0.411 e. The number of carbonyl (C=O) groups is 2. The molecule has 9 nitrogen and oxygen atoms in total. The topological polar surface area (TPSA) is 102 Å². The fraction of sp³-hybridized carbons (Fsp3) is 0.333. The largest absolute Gasteiger partial charge is 0.497 e. The minimum atomic E-state index is -4.09. The molecule has 31 heavy (non-hydrogen) atoms. The highest BCUT2D eigenvalue weighted by Crippen LogP contribution is 2.52. The van der Waals surface area contributed by atoms with E-state index in [1.807, 2.05) is 6.07 Å². The maximum atomic E-state index is 13.7. The Morgan fingerprint density at radius 3 is 2.26 bits per heavy atom. The van der Waals surface area contributed by atoms with Crippen molar-refractivity contribution in [3.63, 3.8) is 0 Å². The summed E-state index contributed by atoms with van der Waals surface area (Å²) >= 11 is 0. The van der Waals surface area contributed by atoms with Crippen LogP contribution in [0.4, 0.5) is 10.5 Å². The fourth-order valence-corrected chi connectivity index (χ4v) is 6.05. The van der Waals surface area contributed by atoms with Crippen molar-refractivity contribution in [3.05, 3.63) is 54.1 Å². The second-order valence-corrected chi connectivity index (χ2v) is 9.02. The first-order valence-corrected chi connectivity index (χ1v) is 11.0. The van der Waals surface area contributed by atoms with E-state index < -0.39 is 40.2 Å². The van der Waals surface area contributed by atoms with Crippen LogP contribution in [0.2, 0.25) is 0 Å². The van der Waals surface area contributed by atoms with Crippen LogP contribution in [-0.2, 0) is 24.3 Å². The lowest BCUT2D eigenvalue weighted by Crippen LogP contribution is -2.53. The maximum Gasteiger partial charge on any atom is 0.411 e. The zero-order valence-electron chi connectivity index (χ0n) is 17.2. The minimum absolute atomic E-state index is 0.0371. The summed E-state index contributed by atoms with van der Waals surface area (Å²) in [5.41, 5.74) is 1.20. The number of amides is 1. The molecule has 0 bridgehead atoms. The van der Waals surface area contributed by atoms with Gasteiger partial charge in [-0.3, -0.25) is 4.90 Å². The van der Waals surface area contributed by atoms with E-state index in [0.29, 0.717) is 11.4 Å². The van der Waals surface area contributed by atoms with Gasteiger partial charge in [-0.1, -0.05) is 18.2 Å². The van der Waals surface area contributed by atoms with Crippen LogP contribution in [0, 0.1) is 0 Å². The Morgan fingerprint density at radius 2 is 1.65 bits per heavy atom. The molecule has 0 aromatic heterocycles. The van der Waals surface area contributed by atoms with Crippen molar-refractivity contribution >= 4 is 27.8 Å². The number of benzene rings is 2. The van der Waals surface area contributed by atoms with Crippen LogP contribution in [0.5, 0.6) is 5.75 Å². The number of likely N-dealkylation sites (tertiary alicyclic amines) is 1. The van der Waals surface area contributed by atoms with Gasteiger partial charge in [0.25, 0.3) is 10.0 Å². The van der Waals surface area contributed by atoms with Crippen molar-refractivity contribution < 1.29 is 32.2 Å². The van der Waals surface area contributed by atoms with Gasteiger partial charge in [-0.05, 0) is 42.3 Å². The van der Waals surface area contributed by atoms with Crippen molar-refractivity contribution in [3.8, 4) is 5.75 Å². The molecular weight excluding hydrogens is 424 g/mol. The van der Waals surface area contributed by atoms with Gasteiger partial charge in [0.1, 0.15) is 18.0 Å². The average Bonchev–Trinajstić information content (AvgIpc) is 3.33. The average molecular weight is 446 g/mol. The molecule has 0 N–H and O–H groups in total. The molecule has 164 valence electrons. The molecule has 1 fully saturated rings. The first-order chi connectivity index (χ1) is 14.8. The van der Waals surface area contributed by atoms with Crippen LogP contribution >= 0.6 is 0 Å². The predicted octanol–water partition coefficient (Wildman–Crippen LogP) is 2.33. The molecule has 1 amide bonds. The molecule has 4 rings (SSSR count). The van der Waals surface area contributed by atoms with Gasteiger partial charge in [0.15, 0.2) is 0 Å². The van der Waals surface area contributed by atoms with E-state index in [2.05, 4.69) is 0 Å². The summed E-state index contributed by atoms with van der Waals surface area (Å²) in [6, 6.07) is 12.1. The highest BCUT2D eigenvalue weighted by molar-refractivity contribution is 7.92. The van der Waals surface area contributed by atoms with Gasteiger partial charge in [-0.15, -0.1) is 0 Å². The lowest BCUT2D eigenvalue weighted by molar-refractivity contribution is -0.145. The van der Waals surface area contributed by atoms with Crippen LogP contribution < -0.4 is 9.04 Å². The van der Waals surface area contributed by atoms with Gasteiger partial charge in [-0.25, -0.2) is 22.3 Å². The van der Waals surface area contributed by atoms with E-state index in [1.165, 1.54) is 37.8 Å². The van der Waals surface area contributed by atoms with Crippen LogP contribution in [0.15, 0.2) is 53.4 Å². The summed E-state index contributed by atoms with van der Waals surface area (Å²) in [5.74, 6) is -0.520. The Hall–Kier alpha value is -3.27. The Labute approximate surface area is 180 Å². The van der Waals surface area contributed by atoms with Gasteiger partial charge >= 0.3 is 12.1 Å². The summed E-state index contributed by atoms with van der Waals surface area (Å²) < 4.78 is 43.6. The van der Waals surface area contributed by atoms with Crippen molar-refractivity contribution in [1.29, 1.82) is 0 Å². The Balaban J connectivity index is 1.87. The minimum Gasteiger partial charge on any atom is -0.497 e. The Bertz CT molecular complexity index is 1120. The second kappa shape index (κ2) is 7.77. The van der Waals surface area contributed by atoms with Gasteiger partial charge in [0.05, 0.1) is 31.9 Å². The van der Waals surface area contributed by atoms with E-state index in [9.17, 15) is 18.0 Å². The van der Waals surface area contributed by atoms with Crippen LogP contribution in [0.25, 0.3) is 0 Å². The number of fused-ring (bicyclic) bond motifs is 3. The molecule has 2 aromatic rings. The van der Waals surface area contributed by atoms with Gasteiger partial charge in [-0.2, -0.15) is 0 Å². The first kappa shape index (κ1) is 21.0. The molecule has 10 heteroatoms. The molecule has 0 aliphatic carbocycles. The number of nitrogens with zero attached hydrogens (tertiary/aromatic N) is 2. The molecule has 0 saturated carbocycles. The van der Waals surface area contributed by atoms with E-state index in [1.54, 1.807) is 30.3 Å². The zero-order chi connectivity index (χ0) is 22.3. The van der Waals surface area contributed by atoms with Crippen molar-refractivity contribution in [1.82, 2.24) is 4.90 Å². The molecule has 2 heterocycles. The number of hydrogen-bond acceptors (Lipinski definition) is 7. The molecule has 1 saturated heterocycles. The number of esters is 1. The monoisotopic (exact) mass is 446 g/mol. The number of para-hydroxylation sites is 1.